The van der Waals surface area contributed by atoms with Crippen molar-refractivity contribution in [1.82, 2.24) is 9.13 Å². The van der Waals surface area contributed by atoms with Gasteiger partial charge < -0.3 is 4.90 Å². The molecule has 0 N–H and O–H groups in total. The van der Waals surface area contributed by atoms with E-state index in [0.29, 0.717) is 0 Å². The lowest BCUT2D eigenvalue weighted by molar-refractivity contribution is -0.687. The van der Waals surface area contributed by atoms with E-state index in [4.69, 9.17) is 0 Å². The van der Waals surface area contributed by atoms with Crippen LogP contribution in [0, 0.1) is 0 Å². The standard InChI is InChI=1S/C44H43N6/c1-4-39-31-43(50-30-28-47(35-50)33-38-13-9-6-10-14-38)19-20-44(39)48-25-22-40(23-26-48)36(2)21-24-45(3)41-15-17-42(18-16-41)49-29-27-46(34-49)32-37-11-7-5-8-12-37/h5-31,34-35H,2,4,32-33H2,1,3H3/q+3/b24-21-. The molecule has 6 heteroatoms. The van der Waals surface area contributed by atoms with Crippen LogP contribution >= 0.6 is 0 Å². The van der Waals surface area contributed by atoms with Crippen LogP contribution in [0.4, 0.5) is 5.69 Å². The van der Waals surface area contributed by atoms with Gasteiger partial charge in [0.25, 0.3) is 0 Å². The van der Waals surface area contributed by atoms with Gasteiger partial charge in [-0.25, -0.2) is 18.3 Å². The van der Waals surface area contributed by atoms with Crippen LogP contribution in [-0.4, -0.2) is 16.2 Å². The SMILES string of the molecule is C=C(/C=C\N(C)c1ccc(-n2cc[n+](Cc3ccccc3)c2)cc1)c1cc[n+](-c2ccc(-n3cc[n+](Cc4ccccc4)c3)cc2CC)cc1. The number of hydrogen-bond acceptors (Lipinski definition) is 1. The first kappa shape index (κ1) is 32.3. The first-order valence-electron chi connectivity index (χ1n) is 17.1. The fourth-order valence-electron chi connectivity index (χ4n) is 6.18. The van der Waals surface area contributed by atoms with Gasteiger partial charge in [-0.05, 0) is 71.2 Å². The second-order valence-corrected chi connectivity index (χ2v) is 12.6. The topological polar surface area (TPSA) is 24.7 Å². The summed E-state index contributed by atoms with van der Waals surface area (Å²) in [4.78, 5) is 2.12. The van der Waals surface area contributed by atoms with Crippen LogP contribution in [0.2, 0.25) is 0 Å². The molecule has 246 valence electrons. The molecule has 0 radical (unpaired) electrons. The van der Waals surface area contributed by atoms with E-state index in [-0.39, 0.29) is 0 Å². The third kappa shape index (κ3) is 7.55. The molecule has 0 aliphatic heterocycles. The molecule has 7 rings (SSSR count). The van der Waals surface area contributed by atoms with Gasteiger partial charge in [0.2, 0.25) is 18.3 Å². The van der Waals surface area contributed by atoms with Gasteiger partial charge >= 0.3 is 0 Å². The first-order valence-corrected chi connectivity index (χ1v) is 17.1. The highest BCUT2D eigenvalue weighted by atomic mass is 15.1. The van der Waals surface area contributed by atoms with E-state index in [9.17, 15) is 0 Å². The van der Waals surface area contributed by atoms with E-state index in [1.165, 1.54) is 22.4 Å². The van der Waals surface area contributed by atoms with Crippen LogP contribution < -0.4 is 18.6 Å². The molecular formula is C44H43N6+3. The summed E-state index contributed by atoms with van der Waals surface area (Å²) in [6, 6.07) is 40.6. The third-order valence-electron chi connectivity index (χ3n) is 9.07. The third-order valence-corrected chi connectivity index (χ3v) is 9.07. The molecule has 0 saturated heterocycles. The number of nitrogens with zero attached hydrogens (tertiary/aromatic N) is 6. The van der Waals surface area contributed by atoms with Crippen LogP contribution in [0.3, 0.4) is 0 Å². The van der Waals surface area contributed by atoms with Gasteiger partial charge in [0.05, 0.1) is 0 Å². The van der Waals surface area contributed by atoms with E-state index >= 15 is 0 Å². The van der Waals surface area contributed by atoms with E-state index < -0.39 is 0 Å². The Morgan fingerprint density at radius 3 is 1.82 bits per heavy atom. The Hall–Kier alpha value is -6.27. The van der Waals surface area contributed by atoms with Crippen LogP contribution in [0.1, 0.15) is 29.2 Å². The first-order chi connectivity index (χ1) is 24.5. The van der Waals surface area contributed by atoms with E-state index in [2.05, 4.69) is 226 Å². The van der Waals surface area contributed by atoms with Crippen molar-refractivity contribution >= 4 is 11.3 Å². The van der Waals surface area contributed by atoms with Gasteiger partial charge in [0, 0.05) is 42.7 Å². The predicted molar refractivity (Wildman–Crippen MR) is 201 cm³/mol. The Bertz CT molecular complexity index is 2210. The Labute approximate surface area is 295 Å². The average molecular weight is 656 g/mol. The molecule has 7 aromatic rings. The second-order valence-electron chi connectivity index (χ2n) is 12.6. The maximum Gasteiger partial charge on any atom is 0.249 e. The summed E-state index contributed by atoms with van der Waals surface area (Å²) in [6.07, 6.45) is 22.1. The number of pyridine rings is 1. The highest BCUT2D eigenvalue weighted by molar-refractivity contribution is 5.72. The molecule has 0 fully saturated rings. The number of rotatable bonds is 12. The Kier molecular flexibility index (Phi) is 9.60. The minimum Gasteiger partial charge on any atom is -0.351 e. The van der Waals surface area contributed by atoms with Crippen molar-refractivity contribution in [2.24, 2.45) is 0 Å². The summed E-state index contributed by atoms with van der Waals surface area (Å²) >= 11 is 0. The number of imidazole rings is 2. The zero-order valence-corrected chi connectivity index (χ0v) is 28.8. The number of aryl methyl sites for hydroxylation is 1. The van der Waals surface area contributed by atoms with Gasteiger partial charge in [0.1, 0.15) is 49.3 Å². The number of anilines is 1. The van der Waals surface area contributed by atoms with E-state index in [0.717, 1.165) is 47.7 Å². The number of benzene rings is 4. The molecule has 0 amide bonds. The number of aromatic nitrogens is 5. The van der Waals surface area contributed by atoms with Crippen molar-refractivity contribution in [3.63, 3.8) is 0 Å². The van der Waals surface area contributed by atoms with Crippen molar-refractivity contribution in [3.8, 4) is 17.1 Å². The molecule has 0 aliphatic rings. The van der Waals surface area contributed by atoms with Crippen LogP contribution in [0.25, 0.3) is 22.6 Å². The minimum absolute atomic E-state index is 0.850. The monoisotopic (exact) mass is 655 g/mol. The van der Waals surface area contributed by atoms with Gasteiger partial charge in [0.15, 0.2) is 12.4 Å². The maximum absolute atomic E-state index is 4.35. The molecule has 3 heterocycles. The summed E-state index contributed by atoms with van der Waals surface area (Å²) < 4.78 is 10.9. The lowest BCUT2D eigenvalue weighted by Gasteiger charge is -2.14. The van der Waals surface area contributed by atoms with Gasteiger partial charge in [-0.3, -0.25) is 0 Å². The van der Waals surface area contributed by atoms with Crippen LogP contribution in [0.15, 0.2) is 184 Å². The highest BCUT2D eigenvalue weighted by Gasteiger charge is 2.16. The Morgan fingerprint density at radius 1 is 0.680 bits per heavy atom. The van der Waals surface area contributed by atoms with Crippen molar-refractivity contribution in [2.45, 2.75) is 26.4 Å². The molecule has 3 aromatic heterocycles. The number of allylic oxidation sites excluding steroid dienone is 2. The van der Waals surface area contributed by atoms with Crippen molar-refractivity contribution in [1.29, 1.82) is 0 Å². The van der Waals surface area contributed by atoms with Crippen LogP contribution in [-0.2, 0) is 19.5 Å². The normalized spacial score (nSPS) is 11.2. The molecule has 0 spiro atoms. The molecule has 6 nitrogen and oxygen atoms in total. The van der Waals surface area contributed by atoms with Crippen molar-refractivity contribution < 1.29 is 13.7 Å². The lowest BCUT2D eigenvalue weighted by atomic mass is 10.1. The average Bonchev–Trinajstić information content (AvgIpc) is 3.84. The van der Waals surface area contributed by atoms with Crippen LogP contribution in [0.5, 0.6) is 0 Å². The smallest absolute Gasteiger partial charge is 0.249 e. The fourth-order valence-corrected chi connectivity index (χ4v) is 6.18. The number of hydrogen-bond donors (Lipinski definition) is 0. The van der Waals surface area contributed by atoms with Gasteiger partial charge in [-0.15, -0.1) is 0 Å². The van der Waals surface area contributed by atoms with Crippen molar-refractivity contribution in [3.05, 3.63) is 206 Å². The lowest BCUT2D eigenvalue weighted by Crippen LogP contribution is -2.31. The summed E-state index contributed by atoms with van der Waals surface area (Å²) in [5, 5.41) is 0. The zero-order chi connectivity index (χ0) is 34.3. The molecule has 0 atom stereocenters. The van der Waals surface area contributed by atoms with Gasteiger partial charge in [-0.1, -0.05) is 74.2 Å². The maximum atomic E-state index is 4.35. The fraction of sp³-hybridized carbons (Fsp3) is 0.114. The predicted octanol–water partition coefficient (Wildman–Crippen LogP) is 7.44. The summed E-state index contributed by atoms with van der Waals surface area (Å²) in [7, 11) is 2.06. The molecule has 0 unspecified atom stereocenters. The molecule has 0 saturated carbocycles. The molecule has 4 aromatic carbocycles. The molecular weight excluding hydrogens is 613 g/mol. The zero-order valence-electron chi connectivity index (χ0n) is 28.8. The summed E-state index contributed by atoms with van der Waals surface area (Å²) in [5.41, 5.74) is 10.5. The quantitative estimate of drug-likeness (QED) is 0.0993. The van der Waals surface area contributed by atoms with Crippen molar-refractivity contribution in [2.75, 3.05) is 11.9 Å². The summed E-state index contributed by atoms with van der Waals surface area (Å²) in [6.45, 7) is 8.26. The van der Waals surface area contributed by atoms with Gasteiger partial charge in [-0.2, -0.15) is 4.57 Å². The Morgan fingerprint density at radius 2 is 1.24 bits per heavy atom. The Balaban J connectivity index is 0.974. The minimum atomic E-state index is 0.850. The second kappa shape index (κ2) is 14.9. The molecule has 50 heavy (non-hydrogen) atoms. The molecule has 0 aliphatic carbocycles. The van der Waals surface area contributed by atoms with E-state index in [1.807, 2.05) is 0 Å². The molecule has 0 bridgehead atoms. The highest BCUT2D eigenvalue weighted by Crippen LogP contribution is 2.20. The largest absolute Gasteiger partial charge is 0.351 e. The van der Waals surface area contributed by atoms with E-state index in [1.54, 1.807) is 0 Å². The summed E-state index contributed by atoms with van der Waals surface area (Å²) in [5.74, 6) is 0.